The molecule has 0 bridgehead atoms. The number of rotatable bonds is 6. The third-order valence-corrected chi connectivity index (χ3v) is 3.39. The van der Waals surface area contributed by atoms with E-state index in [1.54, 1.807) is 6.07 Å². The molecule has 1 heterocycles. The van der Waals surface area contributed by atoms with Crippen molar-refractivity contribution in [3.63, 3.8) is 0 Å². The molecule has 120 valence electrons. The quantitative estimate of drug-likeness (QED) is 0.632. The minimum absolute atomic E-state index is 0.276. The van der Waals surface area contributed by atoms with E-state index >= 15 is 0 Å². The van der Waals surface area contributed by atoms with Gasteiger partial charge in [-0.2, -0.15) is 0 Å². The summed E-state index contributed by atoms with van der Waals surface area (Å²) in [6.45, 7) is 2.70. The number of alkyl carbamates (subject to hydrolysis) is 1. The van der Waals surface area contributed by atoms with E-state index in [0.29, 0.717) is 18.1 Å². The summed E-state index contributed by atoms with van der Waals surface area (Å²) >= 11 is 5.81. The van der Waals surface area contributed by atoms with Gasteiger partial charge in [0, 0.05) is 12.2 Å². The first-order valence-corrected chi connectivity index (χ1v) is 7.77. The second kappa shape index (κ2) is 8.96. The predicted molar refractivity (Wildman–Crippen MR) is 92.3 cm³/mol. The number of nitrogens with zero attached hydrogens (tertiary/aromatic N) is 1. The lowest BCUT2D eigenvalue weighted by Crippen LogP contribution is -2.24. The Bertz CT molecular complexity index is 672. The van der Waals surface area contributed by atoms with Gasteiger partial charge in [0.25, 0.3) is 0 Å². The van der Waals surface area contributed by atoms with Crippen LogP contribution in [-0.4, -0.2) is 17.6 Å². The Morgan fingerprint density at radius 2 is 2.04 bits per heavy atom. The zero-order chi connectivity index (χ0) is 16.5. The molecule has 0 saturated heterocycles. The fourth-order valence-electron chi connectivity index (χ4n) is 1.96. The molecule has 1 amide bonds. The van der Waals surface area contributed by atoms with E-state index in [-0.39, 0.29) is 6.61 Å². The van der Waals surface area contributed by atoms with Crippen LogP contribution in [0, 0.1) is 6.92 Å². The minimum atomic E-state index is -0.411. The summed E-state index contributed by atoms with van der Waals surface area (Å²) < 4.78 is 5.13. The Kier molecular flexibility index (Phi) is 6.63. The summed E-state index contributed by atoms with van der Waals surface area (Å²) in [5.41, 5.74) is 2.86. The van der Waals surface area contributed by atoms with Gasteiger partial charge in [0.2, 0.25) is 0 Å². The van der Waals surface area contributed by atoms with Gasteiger partial charge in [0.15, 0.2) is 0 Å². The highest BCUT2D eigenvalue weighted by molar-refractivity contribution is 6.29. The number of carbonyl (C=O) groups is 1. The maximum Gasteiger partial charge on any atom is 0.407 e. The van der Waals surface area contributed by atoms with Gasteiger partial charge in [0.1, 0.15) is 11.8 Å². The molecule has 2 rings (SSSR count). The topological polar surface area (TPSA) is 51.2 Å². The first-order valence-electron chi connectivity index (χ1n) is 7.39. The SMILES string of the molecule is Cc1nc(Cl)ccc1C=CCCNC(=O)OCc1ccccc1. The van der Waals surface area contributed by atoms with Gasteiger partial charge in [-0.05, 0) is 30.5 Å². The van der Waals surface area contributed by atoms with Crippen molar-refractivity contribution in [1.82, 2.24) is 10.3 Å². The maximum atomic E-state index is 11.6. The van der Waals surface area contributed by atoms with E-state index in [1.165, 1.54) is 0 Å². The zero-order valence-corrected chi connectivity index (χ0v) is 13.7. The fourth-order valence-corrected chi connectivity index (χ4v) is 2.15. The van der Waals surface area contributed by atoms with Crippen molar-refractivity contribution < 1.29 is 9.53 Å². The lowest BCUT2D eigenvalue weighted by atomic mass is 10.2. The Hall–Kier alpha value is -2.33. The summed E-state index contributed by atoms with van der Waals surface area (Å²) in [6.07, 6.45) is 4.25. The van der Waals surface area contributed by atoms with Gasteiger partial charge in [-0.3, -0.25) is 0 Å². The Morgan fingerprint density at radius 1 is 1.26 bits per heavy atom. The molecule has 23 heavy (non-hydrogen) atoms. The zero-order valence-electron chi connectivity index (χ0n) is 13.0. The van der Waals surface area contributed by atoms with Crippen molar-refractivity contribution in [3.8, 4) is 0 Å². The lowest BCUT2D eigenvalue weighted by Gasteiger charge is -2.06. The molecule has 5 heteroatoms. The number of benzene rings is 1. The van der Waals surface area contributed by atoms with Crippen LogP contribution in [0.2, 0.25) is 5.15 Å². The molecular weight excluding hydrogens is 312 g/mol. The van der Waals surface area contributed by atoms with Gasteiger partial charge >= 0.3 is 6.09 Å². The number of carbonyl (C=O) groups excluding carboxylic acids is 1. The number of aryl methyl sites for hydroxylation is 1. The molecule has 1 aromatic heterocycles. The minimum Gasteiger partial charge on any atom is -0.445 e. The predicted octanol–water partition coefficient (Wildman–Crippen LogP) is 4.37. The Balaban J connectivity index is 1.66. The van der Waals surface area contributed by atoms with Crippen molar-refractivity contribution in [2.24, 2.45) is 0 Å². The summed E-state index contributed by atoms with van der Waals surface area (Å²) in [6, 6.07) is 13.3. The van der Waals surface area contributed by atoms with Crippen LogP contribution in [0.3, 0.4) is 0 Å². The van der Waals surface area contributed by atoms with Crippen molar-refractivity contribution >= 4 is 23.8 Å². The van der Waals surface area contributed by atoms with Gasteiger partial charge in [-0.25, -0.2) is 9.78 Å². The van der Waals surface area contributed by atoms with E-state index in [9.17, 15) is 4.79 Å². The highest BCUT2D eigenvalue weighted by atomic mass is 35.5. The highest BCUT2D eigenvalue weighted by Gasteiger charge is 2.01. The second-order valence-electron chi connectivity index (χ2n) is 4.99. The smallest absolute Gasteiger partial charge is 0.407 e. The fraction of sp³-hybridized carbons (Fsp3) is 0.222. The van der Waals surface area contributed by atoms with Crippen LogP contribution in [0.5, 0.6) is 0 Å². The maximum absolute atomic E-state index is 11.6. The molecule has 0 spiro atoms. The number of amides is 1. The number of pyridine rings is 1. The molecule has 1 N–H and O–H groups in total. The van der Waals surface area contributed by atoms with Crippen LogP contribution in [0.4, 0.5) is 4.79 Å². The molecule has 1 aromatic carbocycles. The van der Waals surface area contributed by atoms with Crippen LogP contribution in [0.25, 0.3) is 6.08 Å². The number of hydrogen-bond donors (Lipinski definition) is 1. The van der Waals surface area contributed by atoms with E-state index in [1.807, 2.05) is 55.5 Å². The third-order valence-electron chi connectivity index (χ3n) is 3.18. The van der Waals surface area contributed by atoms with Crippen molar-refractivity contribution in [3.05, 3.63) is 70.5 Å². The van der Waals surface area contributed by atoms with Crippen LogP contribution in [0.1, 0.15) is 23.2 Å². The molecule has 0 aliphatic rings. The Labute approximate surface area is 141 Å². The average Bonchev–Trinajstić information content (AvgIpc) is 2.55. The first kappa shape index (κ1) is 17.0. The van der Waals surface area contributed by atoms with E-state index in [4.69, 9.17) is 16.3 Å². The molecule has 0 aliphatic heterocycles. The molecule has 4 nitrogen and oxygen atoms in total. The molecule has 0 atom stereocenters. The average molecular weight is 331 g/mol. The van der Waals surface area contributed by atoms with Crippen molar-refractivity contribution in [2.45, 2.75) is 20.0 Å². The van der Waals surface area contributed by atoms with Crippen LogP contribution in [0.15, 0.2) is 48.5 Å². The van der Waals surface area contributed by atoms with Crippen LogP contribution < -0.4 is 5.32 Å². The number of nitrogens with one attached hydrogen (secondary N) is 1. The number of ether oxygens (including phenoxy) is 1. The molecule has 0 radical (unpaired) electrons. The molecule has 0 fully saturated rings. The van der Waals surface area contributed by atoms with Gasteiger partial charge in [0.05, 0.1) is 0 Å². The molecular formula is C18H19ClN2O2. The molecule has 2 aromatic rings. The number of hydrogen-bond acceptors (Lipinski definition) is 3. The molecule has 0 unspecified atom stereocenters. The first-order chi connectivity index (χ1) is 11.1. The third kappa shape index (κ3) is 6.12. The van der Waals surface area contributed by atoms with Gasteiger partial charge in [-0.1, -0.05) is 60.2 Å². The summed E-state index contributed by atoms with van der Waals surface area (Å²) in [7, 11) is 0. The van der Waals surface area contributed by atoms with E-state index in [0.717, 1.165) is 16.8 Å². The van der Waals surface area contributed by atoms with E-state index < -0.39 is 6.09 Å². The standard InChI is InChI=1S/C18H19ClN2O2/c1-14-16(10-11-17(19)21-14)9-5-6-12-20-18(22)23-13-15-7-3-2-4-8-15/h2-5,7-11H,6,12-13H2,1H3,(H,20,22). The summed E-state index contributed by atoms with van der Waals surface area (Å²) in [4.78, 5) is 15.7. The number of aromatic nitrogens is 1. The lowest BCUT2D eigenvalue weighted by molar-refractivity contribution is 0.140. The monoisotopic (exact) mass is 330 g/mol. The highest BCUT2D eigenvalue weighted by Crippen LogP contribution is 2.12. The molecule has 0 saturated carbocycles. The second-order valence-corrected chi connectivity index (χ2v) is 5.38. The summed E-state index contributed by atoms with van der Waals surface area (Å²) in [5, 5.41) is 3.20. The van der Waals surface area contributed by atoms with Crippen LogP contribution >= 0.6 is 11.6 Å². The normalized spacial score (nSPS) is 10.7. The Morgan fingerprint density at radius 3 is 2.78 bits per heavy atom. The summed E-state index contributed by atoms with van der Waals surface area (Å²) in [5.74, 6) is 0. The van der Waals surface area contributed by atoms with Gasteiger partial charge < -0.3 is 10.1 Å². The largest absolute Gasteiger partial charge is 0.445 e. The van der Waals surface area contributed by atoms with Crippen LogP contribution in [-0.2, 0) is 11.3 Å². The number of halogens is 1. The molecule has 0 aliphatic carbocycles. The van der Waals surface area contributed by atoms with Gasteiger partial charge in [-0.15, -0.1) is 0 Å². The van der Waals surface area contributed by atoms with E-state index in [2.05, 4.69) is 10.3 Å². The van der Waals surface area contributed by atoms with Crippen molar-refractivity contribution in [2.75, 3.05) is 6.54 Å². The van der Waals surface area contributed by atoms with Crippen molar-refractivity contribution in [1.29, 1.82) is 0 Å².